The standard InChI is InChI=1S/C5H10N.CH3.Sn/c1-2-4-6-5-3-1;;/h1-5H2;1H3;/q-1;;+1. The molecule has 2 radical (unpaired) electrons. The molecule has 0 aromatic heterocycles. The Labute approximate surface area is 62.0 Å². The molecule has 1 nitrogen and oxygen atoms in total. The van der Waals surface area contributed by atoms with E-state index < -0.39 is 0 Å². The summed E-state index contributed by atoms with van der Waals surface area (Å²) in [6.07, 6.45) is 4.42. The van der Waals surface area contributed by atoms with Crippen molar-refractivity contribution in [2.45, 2.75) is 24.2 Å². The van der Waals surface area contributed by atoms with Crippen LogP contribution in [0, 0.1) is 0 Å². The Bertz CT molecular complexity index is 59.5. The minimum atomic E-state index is -0.0333. The van der Waals surface area contributed by atoms with Crippen molar-refractivity contribution in [3.05, 3.63) is 0 Å². The van der Waals surface area contributed by atoms with E-state index in [1.165, 1.54) is 32.4 Å². The maximum absolute atomic E-state index is 2.69. The molecule has 0 unspecified atom stereocenters. The first-order valence-electron chi connectivity index (χ1n) is 3.36. The van der Waals surface area contributed by atoms with Crippen LogP contribution in [0.15, 0.2) is 0 Å². The molecule has 0 N–H and O–H groups in total. The van der Waals surface area contributed by atoms with E-state index >= 15 is 0 Å². The summed E-state index contributed by atoms with van der Waals surface area (Å²) < 4.78 is 2.69. The molecule has 2 heteroatoms. The Kier molecular flexibility index (Phi) is 3.20. The Hall–Kier alpha value is 0.759. The van der Waals surface area contributed by atoms with Gasteiger partial charge in [-0.15, -0.1) is 0 Å². The zero-order chi connectivity index (χ0) is 5.82. The molecule has 0 amide bonds. The Morgan fingerprint density at radius 2 is 1.75 bits per heavy atom. The maximum atomic E-state index is 2.69. The van der Waals surface area contributed by atoms with E-state index in [0.717, 1.165) is 0 Å². The molecule has 1 aliphatic rings. The minimum absolute atomic E-state index is 0.0333. The number of rotatable bonds is 1. The van der Waals surface area contributed by atoms with Gasteiger partial charge in [-0.25, -0.2) is 0 Å². The quantitative estimate of drug-likeness (QED) is 0.596. The molecular weight excluding hydrogens is 205 g/mol. The van der Waals surface area contributed by atoms with Crippen molar-refractivity contribution in [1.82, 2.24) is 3.12 Å². The van der Waals surface area contributed by atoms with E-state index in [1.54, 1.807) is 0 Å². The first-order chi connectivity index (χ1) is 3.93. The van der Waals surface area contributed by atoms with E-state index in [9.17, 15) is 0 Å². The third-order valence-electron chi connectivity index (χ3n) is 1.67. The van der Waals surface area contributed by atoms with Gasteiger partial charge in [0, 0.05) is 0 Å². The fraction of sp³-hybridized carbons (Fsp3) is 1.00. The molecule has 0 bridgehead atoms. The van der Waals surface area contributed by atoms with Crippen molar-refractivity contribution in [2.24, 2.45) is 0 Å². The fourth-order valence-corrected chi connectivity index (χ4v) is 3.30. The predicted molar refractivity (Wildman–Crippen MR) is 37.0 cm³/mol. The molecule has 1 fully saturated rings. The van der Waals surface area contributed by atoms with Gasteiger partial charge in [-0.3, -0.25) is 0 Å². The second-order valence-electron chi connectivity index (χ2n) is 2.27. The average Bonchev–Trinajstić information content (AvgIpc) is 1.90. The molecule has 0 aromatic rings. The first-order valence-corrected chi connectivity index (χ1v) is 7.49. The second-order valence-corrected chi connectivity index (χ2v) is 5.35. The molecule has 0 saturated carbocycles. The summed E-state index contributed by atoms with van der Waals surface area (Å²) in [7, 11) is 0. The Balaban J connectivity index is 2.13. The fourth-order valence-electron chi connectivity index (χ4n) is 1.12. The molecule has 0 spiro atoms. The van der Waals surface area contributed by atoms with Gasteiger partial charge < -0.3 is 0 Å². The number of nitrogens with zero attached hydrogens (tertiary/aromatic N) is 1. The summed E-state index contributed by atoms with van der Waals surface area (Å²) in [4.78, 5) is 2.41. The first kappa shape index (κ1) is 6.87. The zero-order valence-corrected chi connectivity index (χ0v) is 8.34. The molecule has 0 atom stereocenters. The van der Waals surface area contributed by atoms with Gasteiger partial charge in [0.05, 0.1) is 0 Å². The summed E-state index contributed by atoms with van der Waals surface area (Å²) >= 11 is -0.0333. The van der Waals surface area contributed by atoms with Crippen LogP contribution in [-0.2, 0) is 0 Å². The van der Waals surface area contributed by atoms with Gasteiger partial charge in [0.1, 0.15) is 0 Å². The topological polar surface area (TPSA) is 3.24 Å². The molecule has 8 heavy (non-hydrogen) atoms. The van der Waals surface area contributed by atoms with Crippen molar-refractivity contribution < 1.29 is 0 Å². The summed E-state index contributed by atoms with van der Waals surface area (Å²) in [6, 6.07) is 0. The van der Waals surface area contributed by atoms with Gasteiger partial charge in [-0.1, -0.05) is 0 Å². The second kappa shape index (κ2) is 3.72. The van der Waals surface area contributed by atoms with Crippen LogP contribution >= 0.6 is 0 Å². The molecular formula is C6H13NSn. The molecule has 1 rings (SSSR count). The van der Waals surface area contributed by atoms with Gasteiger partial charge in [0.15, 0.2) is 0 Å². The summed E-state index contributed by atoms with van der Waals surface area (Å²) in [5.41, 5.74) is 0. The van der Waals surface area contributed by atoms with Crippen LogP contribution in [0.1, 0.15) is 19.3 Å². The van der Waals surface area contributed by atoms with Crippen LogP contribution in [0.4, 0.5) is 0 Å². The molecule has 0 aromatic carbocycles. The Morgan fingerprint density at radius 3 is 2.12 bits per heavy atom. The summed E-state index contributed by atoms with van der Waals surface area (Å²) in [5.74, 6) is 0. The molecule has 1 heterocycles. The molecule has 1 saturated heterocycles. The van der Waals surface area contributed by atoms with Gasteiger partial charge in [0.2, 0.25) is 0 Å². The molecule has 1 aliphatic heterocycles. The zero-order valence-electron chi connectivity index (χ0n) is 5.48. The van der Waals surface area contributed by atoms with Crippen LogP contribution in [0.2, 0.25) is 4.94 Å². The third kappa shape index (κ3) is 1.94. The van der Waals surface area contributed by atoms with Crippen molar-refractivity contribution in [1.29, 1.82) is 0 Å². The van der Waals surface area contributed by atoms with E-state index in [2.05, 4.69) is 8.06 Å². The van der Waals surface area contributed by atoms with Gasteiger partial charge in [-0.05, 0) is 0 Å². The average molecular weight is 218 g/mol. The van der Waals surface area contributed by atoms with Crippen molar-refractivity contribution in [3.8, 4) is 0 Å². The van der Waals surface area contributed by atoms with E-state index in [0.29, 0.717) is 0 Å². The van der Waals surface area contributed by atoms with Gasteiger partial charge >= 0.3 is 61.8 Å². The van der Waals surface area contributed by atoms with E-state index in [4.69, 9.17) is 0 Å². The predicted octanol–water partition coefficient (Wildman–Crippen LogP) is 1.14. The van der Waals surface area contributed by atoms with E-state index in [-0.39, 0.29) is 21.4 Å². The van der Waals surface area contributed by atoms with Crippen molar-refractivity contribution in [3.63, 3.8) is 0 Å². The van der Waals surface area contributed by atoms with Crippen molar-refractivity contribution in [2.75, 3.05) is 13.1 Å². The SMILES string of the molecule is [CH3][Sn][N]1CCCCC1. The number of hydrogen-bond acceptors (Lipinski definition) is 1. The normalized spacial score (nSPS) is 23.6. The van der Waals surface area contributed by atoms with Crippen LogP contribution in [0.3, 0.4) is 0 Å². The van der Waals surface area contributed by atoms with Crippen LogP contribution in [0.25, 0.3) is 0 Å². The van der Waals surface area contributed by atoms with Crippen LogP contribution in [-0.4, -0.2) is 37.6 Å². The number of piperidine rings is 1. The summed E-state index contributed by atoms with van der Waals surface area (Å²) in [6.45, 7) is 2.84. The van der Waals surface area contributed by atoms with Crippen LogP contribution in [0.5, 0.6) is 0 Å². The third-order valence-corrected chi connectivity index (χ3v) is 4.75. The van der Waals surface area contributed by atoms with Gasteiger partial charge in [-0.2, -0.15) is 0 Å². The molecule has 0 aliphatic carbocycles. The Morgan fingerprint density at radius 1 is 1.12 bits per heavy atom. The van der Waals surface area contributed by atoms with Crippen molar-refractivity contribution >= 4 is 21.4 Å². The molecule has 46 valence electrons. The number of hydrogen-bond donors (Lipinski definition) is 0. The van der Waals surface area contributed by atoms with Crippen LogP contribution < -0.4 is 0 Å². The monoisotopic (exact) mass is 219 g/mol. The van der Waals surface area contributed by atoms with E-state index in [1.807, 2.05) is 0 Å². The van der Waals surface area contributed by atoms with Gasteiger partial charge in [0.25, 0.3) is 0 Å². The summed E-state index contributed by atoms with van der Waals surface area (Å²) in [5, 5.41) is 0.